The average Bonchev–Trinajstić information content (AvgIpc) is 3.35. The molecule has 37 heavy (non-hydrogen) atoms. The van der Waals surface area contributed by atoms with Gasteiger partial charge in [-0.2, -0.15) is 0 Å². The van der Waals surface area contributed by atoms with E-state index in [-0.39, 0.29) is 24.7 Å². The SMILES string of the molecule is C=CCc1cc(/C=C2\C(=O)NC(=O)N(c3ccc(F)cc3)C2=O)ccc1OCc1ccc2c(c1)OCO2. The van der Waals surface area contributed by atoms with Crippen molar-refractivity contribution in [3.8, 4) is 17.2 Å². The molecule has 0 bridgehead atoms. The first-order chi connectivity index (χ1) is 17.9. The van der Waals surface area contributed by atoms with Crippen LogP contribution in [0.15, 0.2) is 78.9 Å². The van der Waals surface area contributed by atoms with Crippen LogP contribution in [-0.2, 0) is 22.6 Å². The van der Waals surface area contributed by atoms with Crippen molar-refractivity contribution in [2.45, 2.75) is 13.0 Å². The Balaban J connectivity index is 1.39. The molecule has 3 aromatic carbocycles. The molecule has 186 valence electrons. The second-order valence-electron chi connectivity index (χ2n) is 8.27. The number of imide groups is 2. The molecule has 0 spiro atoms. The third-order valence-corrected chi connectivity index (χ3v) is 5.78. The average molecular weight is 500 g/mol. The number of benzene rings is 3. The first-order valence-corrected chi connectivity index (χ1v) is 11.3. The van der Waals surface area contributed by atoms with Gasteiger partial charge in [-0.1, -0.05) is 18.2 Å². The van der Waals surface area contributed by atoms with Crippen LogP contribution in [0.1, 0.15) is 16.7 Å². The summed E-state index contributed by atoms with van der Waals surface area (Å²) in [5.41, 5.74) is 2.15. The van der Waals surface area contributed by atoms with Crippen molar-refractivity contribution in [2.75, 3.05) is 11.7 Å². The molecule has 0 saturated carbocycles. The molecule has 1 N–H and O–H groups in total. The number of nitrogens with zero attached hydrogens (tertiary/aromatic N) is 1. The molecule has 2 heterocycles. The Labute approximate surface area is 211 Å². The fraction of sp³-hybridized carbons (Fsp3) is 0.107. The van der Waals surface area contributed by atoms with Crippen LogP contribution in [0.4, 0.5) is 14.9 Å². The Kier molecular flexibility index (Phi) is 6.42. The Morgan fingerprint density at radius 1 is 1.00 bits per heavy atom. The van der Waals surface area contributed by atoms with Gasteiger partial charge in [0, 0.05) is 0 Å². The standard InChI is InChI=1S/C28H21FN2O6/c1-2-3-19-12-17(4-10-23(19)35-15-18-5-11-24-25(14-18)37-16-36-24)13-22-26(32)30-28(34)31(27(22)33)21-8-6-20(29)7-9-21/h2,4-14H,1,3,15-16H2,(H,30,32,34)/b22-13+. The number of halogens is 1. The lowest BCUT2D eigenvalue weighted by Gasteiger charge is -2.26. The second kappa shape index (κ2) is 9.98. The van der Waals surface area contributed by atoms with Crippen molar-refractivity contribution in [3.63, 3.8) is 0 Å². The number of hydrogen-bond acceptors (Lipinski definition) is 6. The first kappa shape index (κ1) is 23.8. The number of anilines is 1. The summed E-state index contributed by atoms with van der Waals surface area (Å²) in [6.07, 6.45) is 3.59. The minimum absolute atomic E-state index is 0.141. The number of carbonyl (C=O) groups excluding carboxylic acids is 3. The predicted octanol–water partition coefficient (Wildman–Crippen LogP) is 4.53. The van der Waals surface area contributed by atoms with E-state index in [4.69, 9.17) is 14.2 Å². The molecule has 9 heteroatoms. The van der Waals surface area contributed by atoms with Crippen molar-refractivity contribution in [2.24, 2.45) is 0 Å². The van der Waals surface area contributed by atoms with Crippen LogP contribution in [0.2, 0.25) is 0 Å². The van der Waals surface area contributed by atoms with Gasteiger partial charge in [0.1, 0.15) is 23.7 Å². The maximum absolute atomic E-state index is 13.3. The molecule has 3 aromatic rings. The number of barbiturate groups is 1. The van der Waals surface area contributed by atoms with Gasteiger partial charge in [-0.25, -0.2) is 14.1 Å². The molecule has 0 atom stereocenters. The summed E-state index contributed by atoms with van der Waals surface area (Å²) in [6.45, 7) is 4.27. The lowest BCUT2D eigenvalue weighted by Crippen LogP contribution is -2.54. The summed E-state index contributed by atoms with van der Waals surface area (Å²) in [7, 11) is 0. The van der Waals surface area contributed by atoms with E-state index >= 15 is 0 Å². The highest BCUT2D eigenvalue weighted by Crippen LogP contribution is 2.33. The van der Waals surface area contributed by atoms with Crippen LogP contribution < -0.4 is 24.4 Å². The molecule has 0 unspecified atom stereocenters. The molecule has 8 nitrogen and oxygen atoms in total. The number of allylic oxidation sites excluding steroid dienone is 1. The summed E-state index contributed by atoms with van der Waals surface area (Å²) in [5.74, 6) is -0.179. The van der Waals surface area contributed by atoms with E-state index in [1.165, 1.54) is 18.2 Å². The quantitative estimate of drug-likeness (QED) is 0.291. The van der Waals surface area contributed by atoms with Crippen molar-refractivity contribution in [1.29, 1.82) is 0 Å². The van der Waals surface area contributed by atoms with Gasteiger partial charge in [-0.05, 0) is 77.7 Å². The van der Waals surface area contributed by atoms with E-state index in [2.05, 4.69) is 11.9 Å². The highest BCUT2D eigenvalue weighted by Gasteiger charge is 2.36. The van der Waals surface area contributed by atoms with Crippen LogP contribution in [0.25, 0.3) is 6.08 Å². The zero-order valence-corrected chi connectivity index (χ0v) is 19.5. The molecule has 0 aliphatic carbocycles. The smallest absolute Gasteiger partial charge is 0.335 e. The maximum Gasteiger partial charge on any atom is 0.335 e. The summed E-state index contributed by atoms with van der Waals surface area (Å²) in [4.78, 5) is 38.7. The summed E-state index contributed by atoms with van der Waals surface area (Å²) in [6, 6.07) is 14.7. The van der Waals surface area contributed by atoms with Crippen LogP contribution >= 0.6 is 0 Å². The fourth-order valence-corrected chi connectivity index (χ4v) is 3.99. The normalized spacial score (nSPS) is 15.6. The molecule has 2 aliphatic heterocycles. The van der Waals surface area contributed by atoms with Crippen molar-refractivity contribution in [1.82, 2.24) is 5.32 Å². The number of urea groups is 1. The van der Waals surface area contributed by atoms with Crippen molar-refractivity contribution < 1.29 is 33.0 Å². The molecule has 1 fully saturated rings. The highest BCUT2D eigenvalue weighted by atomic mass is 19.1. The Morgan fingerprint density at radius 2 is 1.78 bits per heavy atom. The number of carbonyl (C=O) groups is 3. The van der Waals surface area contributed by atoms with Gasteiger partial charge in [0.2, 0.25) is 6.79 Å². The number of fused-ring (bicyclic) bond motifs is 1. The summed E-state index contributed by atoms with van der Waals surface area (Å²) in [5, 5.41) is 2.16. The topological polar surface area (TPSA) is 94.2 Å². The number of rotatable bonds is 7. The van der Waals surface area contributed by atoms with Gasteiger partial charge in [-0.15, -0.1) is 6.58 Å². The van der Waals surface area contributed by atoms with E-state index in [1.807, 2.05) is 18.2 Å². The number of ether oxygens (including phenoxy) is 3. The second-order valence-corrected chi connectivity index (χ2v) is 8.27. The molecular formula is C28H21FN2O6. The first-order valence-electron chi connectivity index (χ1n) is 11.3. The monoisotopic (exact) mass is 500 g/mol. The molecule has 1 saturated heterocycles. The Morgan fingerprint density at radius 3 is 2.57 bits per heavy atom. The van der Waals surface area contributed by atoms with Crippen LogP contribution in [-0.4, -0.2) is 24.6 Å². The molecule has 0 radical (unpaired) electrons. The van der Waals surface area contributed by atoms with E-state index in [1.54, 1.807) is 24.3 Å². The lowest BCUT2D eigenvalue weighted by atomic mass is 10.0. The zero-order valence-electron chi connectivity index (χ0n) is 19.5. The van der Waals surface area contributed by atoms with Crippen LogP contribution in [0, 0.1) is 5.82 Å². The minimum Gasteiger partial charge on any atom is -0.489 e. The van der Waals surface area contributed by atoms with Crippen LogP contribution in [0.5, 0.6) is 17.2 Å². The number of hydrogen-bond donors (Lipinski definition) is 1. The molecule has 2 aliphatic rings. The Bertz CT molecular complexity index is 1450. The van der Waals surface area contributed by atoms with Crippen LogP contribution in [0.3, 0.4) is 0 Å². The van der Waals surface area contributed by atoms with Gasteiger partial charge in [-0.3, -0.25) is 14.9 Å². The van der Waals surface area contributed by atoms with E-state index in [0.717, 1.165) is 28.2 Å². The third-order valence-electron chi connectivity index (χ3n) is 5.78. The fourth-order valence-electron chi connectivity index (χ4n) is 3.99. The molecule has 0 aromatic heterocycles. The molecular weight excluding hydrogens is 479 g/mol. The van der Waals surface area contributed by atoms with Gasteiger partial charge in [0.15, 0.2) is 11.5 Å². The summed E-state index contributed by atoms with van der Waals surface area (Å²) < 4.78 is 30.1. The van der Waals surface area contributed by atoms with Gasteiger partial charge in [0.05, 0.1) is 5.69 Å². The number of amides is 4. The van der Waals surface area contributed by atoms with E-state index in [0.29, 0.717) is 29.2 Å². The highest BCUT2D eigenvalue weighted by molar-refractivity contribution is 6.39. The van der Waals surface area contributed by atoms with Gasteiger partial charge >= 0.3 is 6.03 Å². The predicted molar refractivity (Wildman–Crippen MR) is 133 cm³/mol. The van der Waals surface area contributed by atoms with Gasteiger partial charge in [0.25, 0.3) is 11.8 Å². The van der Waals surface area contributed by atoms with E-state index < -0.39 is 23.7 Å². The zero-order chi connectivity index (χ0) is 25.9. The van der Waals surface area contributed by atoms with Gasteiger partial charge < -0.3 is 14.2 Å². The largest absolute Gasteiger partial charge is 0.489 e. The minimum atomic E-state index is -0.904. The van der Waals surface area contributed by atoms with E-state index in [9.17, 15) is 18.8 Å². The van der Waals surface area contributed by atoms with Crippen molar-refractivity contribution in [3.05, 3.63) is 101 Å². The van der Waals surface area contributed by atoms with Crippen molar-refractivity contribution >= 4 is 29.6 Å². The maximum atomic E-state index is 13.3. The third kappa shape index (κ3) is 4.92. The molecule has 5 rings (SSSR count). The summed E-state index contributed by atoms with van der Waals surface area (Å²) >= 11 is 0. The number of nitrogens with one attached hydrogen (secondary N) is 1. The molecule has 4 amide bonds. The lowest BCUT2D eigenvalue weighted by molar-refractivity contribution is -0.122. The Hall–Kier alpha value is -4.92.